The first-order valence-electron chi connectivity index (χ1n) is 7.40. The second-order valence-corrected chi connectivity index (χ2v) is 5.98. The molecule has 7 nitrogen and oxygen atoms in total. The Bertz CT molecular complexity index is 712. The maximum Gasteiger partial charge on any atom is 0.310 e. The van der Waals surface area contributed by atoms with E-state index in [1.165, 1.54) is 0 Å². The molecule has 22 heavy (non-hydrogen) atoms. The summed E-state index contributed by atoms with van der Waals surface area (Å²) >= 11 is 0. The number of fused-ring (bicyclic) bond motifs is 1. The van der Waals surface area contributed by atoms with Gasteiger partial charge in [-0.3, -0.25) is 9.69 Å². The number of carboxylic acid groups (broad SMARTS) is 1. The van der Waals surface area contributed by atoms with Gasteiger partial charge in [0.2, 0.25) is 0 Å². The van der Waals surface area contributed by atoms with Crippen molar-refractivity contribution in [3.63, 3.8) is 0 Å². The number of aryl methyl sites for hydroxylation is 2. The standard InChI is InChI=1S/C15H20N4O3/c1-9-5-10(2)19-14(17-9)11(6-16-19)7-18-4-3-13(20)12(8-18)15(21)22/h5-6,12-13,20H,3-4,7-8H2,1-2H3,(H,21,22)/t12-,13-/m1/s1. The maximum atomic E-state index is 11.2. The number of hydrogen-bond donors (Lipinski definition) is 2. The molecule has 2 aromatic heterocycles. The van der Waals surface area contributed by atoms with E-state index in [9.17, 15) is 15.0 Å². The van der Waals surface area contributed by atoms with Crippen molar-refractivity contribution in [2.45, 2.75) is 32.9 Å². The Morgan fingerprint density at radius 2 is 2.23 bits per heavy atom. The van der Waals surface area contributed by atoms with Gasteiger partial charge in [-0.05, 0) is 26.3 Å². The molecule has 0 aliphatic carbocycles. The number of piperidine rings is 1. The fraction of sp³-hybridized carbons (Fsp3) is 0.533. The number of rotatable bonds is 3. The highest BCUT2D eigenvalue weighted by Crippen LogP contribution is 2.21. The lowest BCUT2D eigenvalue weighted by Crippen LogP contribution is -2.46. The van der Waals surface area contributed by atoms with Gasteiger partial charge >= 0.3 is 5.97 Å². The largest absolute Gasteiger partial charge is 0.481 e. The Hall–Kier alpha value is -1.99. The van der Waals surface area contributed by atoms with Crippen LogP contribution in [-0.4, -0.2) is 54.9 Å². The Morgan fingerprint density at radius 1 is 1.45 bits per heavy atom. The summed E-state index contributed by atoms with van der Waals surface area (Å²) in [6.07, 6.45) is 1.50. The van der Waals surface area contributed by atoms with Crippen LogP contribution in [0.3, 0.4) is 0 Å². The molecule has 3 heterocycles. The van der Waals surface area contributed by atoms with Gasteiger partial charge in [0.1, 0.15) is 0 Å². The average Bonchev–Trinajstić information content (AvgIpc) is 2.84. The zero-order valence-corrected chi connectivity index (χ0v) is 12.7. The Balaban J connectivity index is 1.83. The van der Waals surface area contributed by atoms with Crippen LogP contribution < -0.4 is 0 Å². The van der Waals surface area contributed by atoms with Crippen LogP contribution in [0, 0.1) is 19.8 Å². The molecule has 2 atom stereocenters. The van der Waals surface area contributed by atoms with Gasteiger partial charge in [0.15, 0.2) is 5.65 Å². The van der Waals surface area contributed by atoms with Gasteiger partial charge in [0.05, 0.1) is 18.2 Å². The third-order valence-electron chi connectivity index (χ3n) is 4.22. The summed E-state index contributed by atoms with van der Waals surface area (Å²) in [4.78, 5) is 17.8. The van der Waals surface area contributed by atoms with Crippen LogP contribution in [0.15, 0.2) is 12.3 Å². The van der Waals surface area contributed by atoms with Gasteiger partial charge in [-0.2, -0.15) is 5.10 Å². The second kappa shape index (κ2) is 5.66. The first-order valence-corrected chi connectivity index (χ1v) is 7.40. The number of nitrogens with zero attached hydrogens (tertiary/aromatic N) is 4. The Morgan fingerprint density at radius 3 is 2.95 bits per heavy atom. The maximum absolute atomic E-state index is 11.2. The Labute approximate surface area is 128 Å². The lowest BCUT2D eigenvalue weighted by atomic mass is 9.94. The van der Waals surface area contributed by atoms with E-state index in [0.29, 0.717) is 26.1 Å². The van der Waals surface area contributed by atoms with Gasteiger partial charge in [0.25, 0.3) is 0 Å². The monoisotopic (exact) mass is 304 g/mol. The number of carbonyl (C=O) groups is 1. The number of carboxylic acids is 1. The first-order chi connectivity index (χ1) is 10.5. The van der Waals surface area contributed by atoms with E-state index in [4.69, 9.17) is 0 Å². The average molecular weight is 304 g/mol. The highest BCUT2D eigenvalue weighted by Gasteiger charge is 2.33. The molecular formula is C15H20N4O3. The molecule has 1 aliphatic rings. The number of hydrogen-bond acceptors (Lipinski definition) is 5. The van der Waals surface area contributed by atoms with Crippen LogP contribution >= 0.6 is 0 Å². The molecule has 1 aliphatic heterocycles. The first kappa shape index (κ1) is 14.9. The minimum Gasteiger partial charge on any atom is -0.481 e. The topological polar surface area (TPSA) is 91.0 Å². The number of aliphatic hydroxyl groups is 1. The number of aliphatic carboxylic acids is 1. The predicted molar refractivity (Wildman–Crippen MR) is 79.5 cm³/mol. The summed E-state index contributed by atoms with van der Waals surface area (Å²) in [5, 5.41) is 23.3. The smallest absolute Gasteiger partial charge is 0.310 e. The summed E-state index contributed by atoms with van der Waals surface area (Å²) in [7, 11) is 0. The van der Waals surface area contributed by atoms with Crippen LogP contribution in [0.25, 0.3) is 5.65 Å². The fourth-order valence-corrected chi connectivity index (χ4v) is 3.06. The molecule has 1 fully saturated rings. The molecule has 0 bridgehead atoms. The van der Waals surface area contributed by atoms with Crippen molar-refractivity contribution in [3.05, 3.63) is 29.2 Å². The van der Waals surface area contributed by atoms with E-state index in [1.54, 1.807) is 10.7 Å². The second-order valence-electron chi connectivity index (χ2n) is 5.98. The normalized spacial score (nSPS) is 23.0. The highest BCUT2D eigenvalue weighted by molar-refractivity contribution is 5.71. The van der Waals surface area contributed by atoms with Gasteiger partial charge < -0.3 is 10.2 Å². The van der Waals surface area contributed by atoms with Gasteiger partial charge in [0, 0.05) is 36.6 Å². The van der Waals surface area contributed by atoms with E-state index < -0.39 is 18.0 Å². The lowest BCUT2D eigenvalue weighted by molar-refractivity contribution is -0.149. The molecular weight excluding hydrogens is 284 g/mol. The van der Waals surface area contributed by atoms with Gasteiger partial charge in [-0.1, -0.05) is 0 Å². The van der Waals surface area contributed by atoms with Crippen molar-refractivity contribution >= 4 is 11.6 Å². The fourth-order valence-electron chi connectivity index (χ4n) is 3.06. The third kappa shape index (κ3) is 2.69. The van der Waals surface area contributed by atoms with Crippen molar-refractivity contribution in [1.82, 2.24) is 19.5 Å². The lowest BCUT2D eigenvalue weighted by Gasteiger charge is -2.33. The van der Waals surface area contributed by atoms with E-state index in [0.717, 1.165) is 22.6 Å². The van der Waals surface area contributed by atoms with Crippen LogP contribution in [-0.2, 0) is 11.3 Å². The van der Waals surface area contributed by atoms with E-state index in [-0.39, 0.29) is 0 Å². The van der Waals surface area contributed by atoms with Crippen molar-refractivity contribution in [3.8, 4) is 0 Å². The number of aromatic nitrogens is 3. The van der Waals surface area contributed by atoms with Crippen molar-refractivity contribution < 1.29 is 15.0 Å². The van der Waals surface area contributed by atoms with Gasteiger partial charge in [-0.25, -0.2) is 9.50 Å². The summed E-state index contributed by atoms with van der Waals surface area (Å²) in [6.45, 7) is 5.54. The molecule has 0 spiro atoms. The van der Waals surface area contributed by atoms with E-state index in [1.807, 2.05) is 24.8 Å². The number of aliphatic hydroxyl groups excluding tert-OH is 1. The van der Waals surface area contributed by atoms with E-state index in [2.05, 4.69) is 10.1 Å². The van der Waals surface area contributed by atoms with Crippen molar-refractivity contribution in [1.29, 1.82) is 0 Å². The molecule has 0 saturated carbocycles. The van der Waals surface area contributed by atoms with Crippen LogP contribution in [0.2, 0.25) is 0 Å². The van der Waals surface area contributed by atoms with E-state index >= 15 is 0 Å². The molecule has 2 aromatic rings. The summed E-state index contributed by atoms with van der Waals surface area (Å²) in [6, 6.07) is 1.97. The summed E-state index contributed by atoms with van der Waals surface area (Å²) in [5.41, 5.74) is 3.75. The molecule has 0 aromatic carbocycles. The summed E-state index contributed by atoms with van der Waals surface area (Å²) < 4.78 is 1.80. The SMILES string of the molecule is Cc1cc(C)n2ncc(CN3CC[C@@H](O)[C@H](C(=O)O)C3)c2n1. The molecule has 0 radical (unpaired) electrons. The molecule has 3 rings (SSSR count). The quantitative estimate of drug-likeness (QED) is 0.863. The molecule has 118 valence electrons. The zero-order valence-electron chi connectivity index (χ0n) is 12.7. The minimum absolute atomic E-state index is 0.346. The Kier molecular flexibility index (Phi) is 3.84. The molecule has 0 unspecified atom stereocenters. The minimum atomic E-state index is -0.943. The summed E-state index contributed by atoms with van der Waals surface area (Å²) in [5.74, 6) is -1.67. The molecule has 2 N–H and O–H groups in total. The molecule has 1 saturated heterocycles. The molecule has 0 amide bonds. The number of likely N-dealkylation sites (tertiary alicyclic amines) is 1. The highest BCUT2D eigenvalue weighted by atomic mass is 16.4. The van der Waals surface area contributed by atoms with Crippen molar-refractivity contribution in [2.75, 3.05) is 13.1 Å². The van der Waals surface area contributed by atoms with Crippen LogP contribution in [0.1, 0.15) is 23.4 Å². The third-order valence-corrected chi connectivity index (χ3v) is 4.22. The molecule has 7 heteroatoms. The van der Waals surface area contributed by atoms with Gasteiger partial charge in [-0.15, -0.1) is 0 Å². The zero-order chi connectivity index (χ0) is 15.9. The van der Waals surface area contributed by atoms with Crippen LogP contribution in [0.5, 0.6) is 0 Å². The predicted octanol–water partition coefficient (Wildman–Crippen LogP) is 0.614. The van der Waals surface area contributed by atoms with Crippen molar-refractivity contribution in [2.24, 2.45) is 5.92 Å². The van der Waals surface area contributed by atoms with Crippen LogP contribution in [0.4, 0.5) is 0 Å².